The maximum absolute atomic E-state index is 5.60. The molecule has 17 heavy (non-hydrogen) atoms. The molecule has 4 heteroatoms. The van der Waals surface area contributed by atoms with Gasteiger partial charge in [0.05, 0.1) is 18.8 Å². The molecule has 0 aromatic rings. The monoisotopic (exact) mass is 243 g/mol. The molecular weight excluding hydrogens is 218 g/mol. The number of nitrogens with zero attached hydrogens (tertiary/aromatic N) is 1. The van der Waals surface area contributed by atoms with Gasteiger partial charge < -0.3 is 19.1 Å². The van der Waals surface area contributed by atoms with Crippen molar-refractivity contribution in [3.05, 3.63) is 0 Å². The van der Waals surface area contributed by atoms with E-state index in [4.69, 9.17) is 14.2 Å². The lowest BCUT2D eigenvalue weighted by Gasteiger charge is -2.40. The van der Waals surface area contributed by atoms with E-state index in [-0.39, 0.29) is 11.9 Å². The highest BCUT2D eigenvalue weighted by atomic mass is 16.7. The second-order valence-corrected chi connectivity index (χ2v) is 5.35. The Morgan fingerprint density at radius 3 is 2.76 bits per heavy atom. The summed E-state index contributed by atoms with van der Waals surface area (Å²) in [6.45, 7) is 7.14. The third-order valence-electron chi connectivity index (χ3n) is 3.81. The Hall–Kier alpha value is -0.160. The molecule has 1 unspecified atom stereocenters. The molecule has 4 nitrogen and oxygen atoms in total. The Bertz CT molecular complexity index is 231. The van der Waals surface area contributed by atoms with Crippen molar-refractivity contribution >= 4 is 0 Å². The number of likely N-dealkylation sites (tertiary alicyclic amines) is 1. The Labute approximate surface area is 104 Å². The number of methoxy groups -OCH3 is 1. The first-order chi connectivity index (χ1) is 8.22. The van der Waals surface area contributed by atoms with Crippen molar-refractivity contribution in [2.75, 3.05) is 40.0 Å². The smallest absolute Gasteiger partial charge is 0.158 e. The van der Waals surface area contributed by atoms with Crippen molar-refractivity contribution in [3.8, 4) is 0 Å². The first-order valence-corrected chi connectivity index (χ1v) is 6.73. The van der Waals surface area contributed by atoms with Crippen LogP contribution in [0.3, 0.4) is 0 Å². The van der Waals surface area contributed by atoms with Gasteiger partial charge in [0.1, 0.15) is 0 Å². The van der Waals surface area contributed by atoms with Crippen LogP contribution < -0.4 is 0 Å². The minimum atomic E-state index is 0.0134. The van der Waals surface area contributed by atoms with Gasteiger partial charge in [-0.2, -0.15) is 0 Å². The number of rotatable bonds is 4. The summed E-state index contributed by atoms with van der Waals surface area (Å²) in [5, 5.41) is 0. The van der Waals surface area contributed by atoms with Gasteiger partial charge in [0, 0.05) is 26.6 Å². The molecule has 100 valence electrons. The molecule has 0 spiro atoms. The zero-order chi connectivity index (χ0) is 12.1. The molecular formula is C13H25NO3. The molecule has 1 atom stereocenters. The molecule has 0 radical (unpaired) electrons. The molecule has 0 aromatic heterocycles. The van der Waals surface area contributed by atoms with E-state index >= 15 is 0 Å². The summed E-state index contributed by atoms with van der Waals surface area (Å²) in [4.78, 5) is 2.47. The molecule has 0 saturated carbocycles. The molecule has 2 saturated heterocycles. The number of piperidine rings is 1. The van der Waals surface area contributed by atoms with Crippen LogP contribution in [0.5, 0.6) is 0 Å². The molecule has 0 aliphatic carbocycles. The SMILES string of the molecule is COC1(C)CCCN(CCC2OCCCO2)C1. The van der Waals surface area contributed by atoms with E-state index in [1.165, 1.54) is 13.0 Å². The first-order valence-electron chi connectivity index (χ1n) is 6.73. The van der Waals surface area contributed by atoms with Crippen LogP contribution in [0.25, 0.3) is 0 Å². The van der Waals surface area contributed by atoms with E-state index in [0.29, 0.717) is 0 Å². The van der Waals surface area contributed by atoms with Gasteiger partial charge in [-0.25, -0.2) is 0 Å². The Balaban J connectivity index is 1.71. The maximum atomic E-state index is 5.60. The zero-order valence-electron chi connectivity index (χ0n) is 11.1. The third-order valence-corrected chi connectivity index (χ3v) is 3.81. The average molecular weight is 243 g/mol. The summed E-state index contributed by atoms with van der Waals surface area (Å²) in [7, 11) is 1.82. The quantitative estimate of drug-likeness (QED) is 0.751. The maximum Gasteiger partial charge on any atom is 0.158 e. The molecule has 0 amide bonds. The second kappa shape index (κ2) is 6.14. The number of hydrogen-bond donors (Lipinski definition) is 0. The van der Waals surface area contributed by atoms with E-state index in [1.807, 2.05) is 7.11 Å². The highest BCUT2D eigenvalue weighted by molar-refractivity contribution is 4.84. The number of hydrogen-bond acceptors (Lipinski definition) is 4. The van der Waals surface area contributed by atoms with Gasteiger partial charge >= 0.3 is 0 Å². The fourth-order valence-electron chi connectivity index (χ4n) is 2.66. The highest BCUT2D eigenvalue weighted by Gasteiger charge is 2.30. The molecule has 0 N–H and O–H groups in total. The second-order valence-electron chi connectivity index (χ2n) is 5.35. The van der Waals surface area contributed by atoms with Crippen LogP contribution >= 0.6 is 0 Å². The molecule has 2 aliphatic heterocycles. The standard InChI is InChI=1S/C13H25NO3/c1-13(15-2)6-3-7-14(11-13)8-5-12-16-9-4-10-17-12/h12H,3-11H2,1-2H3. The lowest BCUT2D eigenvalue weighted by atomic mass is 9.94. The predicted molar refractivity (Wildman–Crippen MR) is 66.0 cm³/mol. The van der Waals surface area contributed by atoms with E-state index < -0.39 is 0 Å². The molecule has 0 aromatic carbocycles. The van der Waals surface area contributed by atoms with E-state index in [0.717, 1.165) is 45.6 Å². The summed E-state index contributed by atoms with van der Waals surface area (Å²) in [6.07, 6.45) is 4.40. The lowest BCUT2D eigenvalue weighted by Crippen LogP contribution is -2.48. The third kappa shape index (κ3) is 3.91. The topological polar surface area (TPSA) is 30.9 Å². The van der Waals surface area contributed by atoms with Crippen molar-refractivity contribution in [1.82, 2.24) is 4.90 Å². The average Bonchev–Trinajstić information content (AvgIpc) is 2.38. The normalized spacial score (nSPS) is 32.8. The van der Waals surface area contributed by atoms with Gasteiger partial charge in [0.2, 0.25) is 0 Å². The highest BCUT2D eigenvalue weighted by Crippen LogP contribution is 2.24. The van der Waals surface area contributed by atoms with E-state index in [1.54, 1.807) is 0 Å². The number of ether oxygens (including phenoxy) is 3. The molecule has 2 fully saturated rings. The minimum Gasteiger partial charge on any atom is -0.377 e. The van der Waals surface area contributed by atoms with E-state index in [9.17, 15) is 0 Å². The Morgan fingerprint density at radius 1 is 1.29 bits per heavy atom. The molecule has 2 heterocycles. The van der Waals surface area contributed by atoms with Crippen LogP contribution in [0.1, 0.15) is 32.6 Å². The Morgan fingerprint density at radius 2 is 2.06 bits per heavy atom. The van der Waals surface area contributed by atoms with Gasteiger partial charge in [-0.1, -0.05) is 0 Å². The fourth-order valence-corrected chi connectivity index (χ4v) is 2.66. The van der Waals surface area contributed by atoms with Crippen LogP contribution in [-0.4, -0.2) is 56.7 Å². The summed E-state index contributed by atoms with van der Waals surface area (Å²) in [5.74, 6) is 0. The van der Waals surface area contributed by atoms with Crippen molar-refractivity contribution in [2.24, 2.45) is 0 Å². The lowest BCUT2D eigenvalue weighted by molar-refractivity contribution is -0.184. The zero-order valence-corrected chi connectivity index (χ0v) is 11.1. The summed E-state index contributed by atoms with van der Waals surface area (Å²) >= 11 is 0. The van der Waals surface area contributed by atoms with Gasteiger partial charge in [-0.05, 0) is 32.7 Å². The van der Waals surface area contributed by atoms with Crippen molar-refractivity contribution in [3.63, 3.8) is 0 Å². The van der Waals surface area contributed by atoms with Gasteiger partial charge in [-0.15, -0.1) is 0 Å². The Kier molecular flexibility index (Phi) is 4.79. The van der Waals surface area contributed by atoms with Crippen LogP contribution in [0.15, 0.2) is 0 Å². The van der Waals surface area contributed by atoms with Crippen molar-refractivity contribution in [1.29, 1.82) is 0 Å². The van der Waals surface area contributed by atoms with Crippen molar-refractivity contribution in [2.45, 2.75) is 44.5 Å². The summed E-state index contributed by atoms with van der Waals surface area (Å²) < 4.78 is 16.7. The summed E-state index contributed by atoms with van der Waals surface area (Å²) in [5.41, 5.74) is 0.0343. The van der Waals surface area contributed by atoms with Gasteiger partial charge in [0.25, 0.3) is 0 Å². The predicted octanol–water partition coefficient (Wildman–Crippen LogP) is 1.64. The first kappa shape index (κ1) is 13.3. The van der Waals surface area contributed by atoms with Crippen LogP contribution in [0.2, 0.25) is 0 Å². The van der Waals surface area contributed by atoms with E-state index in [2.05, 4.69) is 11.8 Å². The molecule has 0 bridgehead atoms. The van der Waals surface area contributed by atoms with Crippen molar-refractivity contribution < 1.29 is 14.2 Å². The fraction of sp³-hybridized carbons (Fsp3) is 1.00. The largest absolute Gasteiger partial charge is 0.377 e. The van der Waals surface area contributed by atoms with Crippen LogP contribution in [0.4, 0.5) is 0 Å². The minimum absolute atomic E-state index is 0.0134. The molecule has 2 rings (SSSR count). The molecule has 2 aliphatic rings. The van der Waals surface area contributed by atoms with Gasteiger partial charge in [-0.3, -0.25) is 0 Å². The van der Waals surface area contributed by atoms with Gasteiger partial charge in [0.15, 0.2) is 6.29 Å². The van der Waals surface area contributed by atoms with Crippen LogP contribution in [-0.2, 0) is 14.2 Å². The summed E-state index contributed by atoms with van der Waals surface area (Å²) in [6, 6.07) is 0. The van der Waals surface area contributed by atoms with Crippen LogP contribution in [0, 0.1) is 0 Å².